The fraction of sp³-hybridized carbons (Fsp3) is 0.294. The van der Waals surface area contributed by atoms with Gasteiger partial charge in [-0.3, -0.25) is 0 Å². The summed E-state index contributed by atoms with van der Waals surface area (Å²) in [6.45, 7) is 3.03. The molecule has 0 spiro atoms. The van der Waals surface area contributed by atoms with E-state index in [1.165, 1.54) is 10.5 Å². The van der Waals surface area contributed by atoms with E-state index in [-0.39, 0.29) is 6.04 Å². The minimum atomic E-state index is 0.231. The van der Waals surface area contributed by atoms with Crippen LogP contribution in [0.5, 0.6) is 0 Å². The maximum absolute atomic E-state index is 6.33. The van der Waals surface area contributed by atoms with E-state index in [0.717, 1.165) is 18.5 Å². The summed E-state index contributed by atoms with van der Waals surface area (Å²) in [4.78, 5) is 1.29. The Kier molecular flexibility index (Phi) is 6.43. The Hall–Kier alpha value is -0.670. The van der Waals surface area contributed by atoms with Crippen LogP contribution in [0.15, 0.2) is 47.4 Å². The molecule has 21 heavy (non-hydrogen) atoms. The molecule has 112 valence electrons. The van der Waals surface area contributed by atoms with Gasteiger partial charge in [0.15, 0.2) is 0 Å². The maximum atomic E-state index is 6.33. The average Bonchev–Trinajstić information content (AvgIpc) is 2.51. The van der Waals surface area contributed by atoms with Crippen LogP contribution in [0.3, 0.4) is 0 Å². The zero-order valence-corrected chi connectivity index (χ0v) is 14.5. The Morgan fingerprint density at radius 3 is 2.57 bits per heavy atom. The van der Waals surface area contributed by atoms with Crippen molar-refractivity contribution in [2.75, 3.05) is 12.8 Å². The molecule has 0 amide bonds. The van der Waals surface area contributed by atoms with E-state index in [4.69, 9.17) is 23.2 Å². The fourth-order valence-electron chi connectivity index (χ4n) is 2.42. The normalized spacial score (nSPS) is 12.4. The highest BCUT2D eigenvalue weighted by molar-refractivity contribution is 7.98. The topological polar surface area (TPSA) is 12.0 Å². The number of hydrogen-bond acceptors (Lipinski definition) is 2. The molecule has 0 heterocycles. The van der Waals surface area contributed by atoms with Crippen LogP contribution in [0.2, 0.25) is 10.0 Å². The van der Waals surface area contributed by atoms with Crippen molar-refractivity contribution in [3.63, 3.8) is 0 Å². The smallest absolute Gasteiger partial charge is 0.0624 e. The number of likely N-dealkylation sites (N-methyl/N-ethyl adjacent to an activating group) is 1. The molecule has 0 saturated carbocycles. The van der Waals surface area contributed by atoms with Crippen LogP contribution in [0.1, 0.15) is 24.1 Å². The Morgan fingerprint density at radius 1 is 1.10 bits per heavy atom. The lowest BCUT2D eigenvalue weighted by molar-refractivity contribution is 0.542. The highest BCUT2D eigenvalue weighted by atomic mass is 35.5. The fourth-order valence-corrected chi connectivity index (χ4v) is 3.48. The van der Waals surface area contributed by atoms with Gasteiger partial charge in [0, 0.05) is 10.9 Å². The summed E-state index contributed by atoms with van der Waals surface area (Å²) in [5.74, 6) is 0. The van der Waals surface area contributed by atoms with Crippen LogP contribution in [-0.2, 0) is 6.42 Å². The van der Waals surface area contributed by atoms with Gasteiger partial charge in [0.25, 0.3) is 0 Å². The number of benzene rings is 2. The van der Waals surface area contributed by atoms with Gasteiger partial charge >= 0.3 is 0 Å². The number of nitrogens with one attached hydrogen (secondary N) is 1. The molecule has 0 aromatic heterocycles. The van der Waals surface area contributed by atoms with Crippen LogP contribution in [0, 0.1) is 0 Å². The lowest BCUT2D eigenvalue weighted by Gasteiger charge is -2.21. The summed E-state index contributed by atoms with van der Waals surface area (Å²) in [6.07, 6.45) is 2.93. The number of hydrogen-bond donors (Lipinski definition) is 1. The van der Waals surface area contributed by atoms with Gasteiger partial charge in [-0.05, 0) is 42.5 Å². The third kappa shape index (κ3) is 4.17. The van der Waals surface area contributed by atoms with Crippen molar-refractivity contribution in [1.29, 1.82) is 0 Å². The zero-order valence-electron chi connectivity index (χ0n) is 12.2. The quantitative estimate of drug-likeness (QED) is 0.686. The van der Waals surface area contributed by atoms with Gasteiger partial charge < -0.3 is 5.32 Å². The van der Waals surface area contributed by atoms with Crippen LogP contribution in [0.4, 0.5) is 0 Å². The van der Waals surface area contributed by atoms with E-state index in [2.05, 4.69) is 42.8 Å². The molecule has 0 fully saturated rings. The monoisotopic (exact) mass is 339 g/mol. The van der Waals surface area contributed by atoms with Crippen molar-refractivity contribution >= 4 is 35.0 Å². The van der Waals surface area contributed by atoms with Crippen molar-refractivity contribution in [2.24, 2.45) is 0 Å². The molecular formula is C17H19Cl2NS. The maximum Gasteiger partial charge on any atom is 0.0624 e. The second kappa shape index (κ2) is 8.09. The number of rotatable bonds is 6. The number of halogens is 2. The van der Waals surface area contributed by atoms with Crippen LogP contribution in [0.25, 0.3) is 0 Å². The lowest BCUT2D eigenvalue weighted by Crippen LogP contribution is -2.23. The molecule has 0 saturated heterocycles. The first-order valence-electron chi connectivity index (χ1n) is 6.96. The Balaban J connectivity index is 2.33. The largest absolute Gasteiger partial charge is 0.310 e. The van der Waals surface area contributed by atoms with Crippen molar-refractivity contribution in [1.82, 2.24) is 5.32 Å². The van der Waals surface area contributed by atoms with Crippen LogP contribution >= 0.6 is 35.0 Å². The van der Waals surface area contributed by atoms with E-state index in [1.807, 2.05) is 18.2 Å². The van der Waals surface area contributed by atoms with E-state index >= 15 is 0 Å². The van der Waals surface area contributed by atoms with E-state index in [9.17, 15) is 0 Å². The average molecular weight is 340 g/mol. The molecule has 1 N–H and O–H groups in total. The Morgan fingerprint density at radius 2 is 1.86 bits per heavy atom. The molecule has 2 rings (SSSR count). The van der Waals surface area contributed by atoms with E-state index < -0.39 is 0 Å². The summed E-state index contributed by atoms with van der Waals surface area (Å²) in [6, 6.07) is 14.5. The molecule has 0 aliphatic rings. The van der Waals surface area contributed by atoms with Gasteiger partial charge in [0.1, 0.15) is 0 Å². The first kappa shape index (κ1) is 16.7. The summed E-state index contributed by atoms with van der Waals surface area (Å²) in [5.41, 5.74) is 2.38. The van der Waals surface area contributed by atoms with Gasteiger partial charge in [-0.15, -0.1) is 11.8 Å². The van der Waals surface area contributed by atoms with Crippen LogP contribution in [-0.4, -0.2) is 12.8 Å². The third-order valence-corrected chi connectivity index (χ3v) is 5.09. The first-order chi connectivity index (χ1) is 10.2. The summed E-state index contributed by atoms with van der Waals surface area (Å²) < 4.78 is 0. The van der Waals surface area contributed by atoms with Crippen molar-refractivity contribution in [3.8, 4) is 0 Å². The minimum Gasteiger partial charge on any atom is -0.310 e. The first-order valence-corrected chi connectivity index (χ1v) is 8.94. The summed E-state index contributed by atoms with van der Waals surface area (Å²) in [7, 11) is 0. The second-order valence-corrected chi connectivity index (χ2v) is 6.40. The summed E-state index contributed by atoms with van der Waals surface area (Å²) >= 11 is 14.2. The molecule has 0 aliphatic carbocycles. The molecule has 1 atom stereocenters. The Labute approximate surface area is 141 Å². The predicted molar refractivity (Wildman–Crippen MR) is 94.8 cm³/mol. The SMILES string of the molecule is CCNC(Cc1cccc(Cl)c1Cl)c1ccccc1SC. The molecule has 0 radical (unpaired) electrons. The molecule has 4 heteroatoms. The van der Waals surface area contributed by atoms with Gasteiger partial charge in [-0.2, -0.15) is 0 Å². The van der Waals surface area contributed by atoms with E-state index in [0.29, 0.717) is 10.0 Å². The summed E-state index contributed by atoms with van der Waals surface area (Å²) in [5, 5.41) is 4.82. The molecule has 0 bridgehead atoms. The minimum absolute atomic E-state index is 0.231. The zero-order chi connectivity index (χ0) is 15.2. The molecule has 2 aromatic rings. The molecule has 0 aliphatic heterocycles. The van der Waals surface area contributed by atoms with Gasteiger partial charge in [-0.1, -0.05) is 60.5 Å². The second-order valence-electron chi connectivity index (χ2n) is 4.77. The highest BCUT2D eigenvalue weighted by Gasteiger charge is 2.16. The standard InChI is InChI=1S/C17H19Cl2NS/c1-3-20-15(13-8-4-5-10-16(13)21-2)11-12-7-6-9-14(18)17(12)19/h4-10,15,20H,3,11H2,1-2H3. The van der Waals surface area contributed by atoms with E-state index in [1.54, 1.807) is 11.8 Å². The molecule has 1 unspecified atom stereocenters. The van der Waals surface area contributed by atoms with Gasteiger partial charge in [0.2, 0.25) is 0 Å². The highest BCUT2D eigenvalue weighted by Crippen LogP contribution is 2.32. The van der Waals surface area contributed by atoms with Crippen molar-refractivity contribution in [2.45, 2.75) is 24.3 Å². The molecule has 2 aromatic carbocycles. The van der Waals surface area contributed by atoms with Gasteiger partial charge in [-0.25, -0.2) is 0 Å². The van der Waals surface area contributed by atoms with Crippen LogP contribution < -0.4 is 5.32 Å². The van der Waals surface area contributed by atoms with Gasteiger partial charge in [0.05, 0.1) is 10.0 Å². The number of thioether (sulfide) groups is 1. The lowest BCUT2D eigenvalue weighted by atomic mass is 9.98. The third-order valence-electron chi connectivity index (χ3n) is 3.42. The van der Waals surface area contributed by atoms with Crippen molar-refractivity contribution < 1.29 is 0 Å². The molecular weight excluding hydrogens is 321 g/mol. The predicted octanol–water partition coefficient (Wildman–Crippen LogP) is 5.61. The molecule has 1 nitrogen and oxygen atoms in total. The Bertz CT molecular complexity index is 601. The van der Waals surface area contributed by atoms with Crippen molar-refractivity contribution in [3.05, 3.63) is 63.6 Å².